The second kappa shape index (κ2) is 7.33. The van der Waals surface area contributed by atoms with E-state index < -0.39 is 5.97 Å². The van der Waals surface area contributed by atoms with Crippen molar-refractivity contribution in [1.29, 1.82) is 0 Å². The predicted molar refractivity (Wildman–Crippen MR) is 107 cm³/mol. The number of ketones is 1. The molecule has 138 valence electrons. The fourth-order valence-corrected chi connectivity index (χ4v) is 3.16. The van der Waals surface area contributed by atoms with Crippen LogP contribution < -0.4 is 9.47 Å². The van der Waals surface area contributed by atoms with Gasteiger partial charge in [0, 0.05) is 10.6 Å². The molecule has 0 radical (unpaired) electrons. The lowest BCUT2D eigenvalue weighted by atomic mass is 10.1. The zero-order valence-electron chi connectivity index (χ0n) is 14.9. The average Bonchev–Trinajstić information content (AvgIpc) is 3.01. The van der Waals surface area contributed by atoms with Crippen LogP contribution >= 0.6 is 11.6 Å². The molecule has 0 saturated carbocycles. The number of Topliss-reactive ketones (excluding diaryl/α,β-unsaturated/α-hetero) is 1. The average molecular weight is 391 g/mol. The first kappa shape index (κ1) is 18.0. The normalized spacial score (nSPS) is 13.9. The van der Waals surface area contributed by atoms with Gasteiger partial charge in [-0.15, -0.1) is 0 Å². The molecule has 28 heavy (non-hydrogen) atoms. The lowest BCUT2D eigenvalue weighted by Crippen LogP contribution is -2.09. The van der Waals surface area contributed by atoms with Crippen molar-refractivity contribution in [3.63, 3.8) is 0 Å². The number of esters is 1. The molecular weight excluding hydrogens is 376 g/mol. The van der Waals surface area contributed by atoms with E-state index in [4.69, 9.17) is 21.1 Å². The van der Waals surface area contributed by atoms with Crippen molar-refractivity contribution in [2.24, 2.45) is 0 Å². The number of hydrogen-bond acceptors (Lipinski definition) is 4. The van der Waals surface area contributed by atoms with Crippen LogP contribution in [-0.4, -0.2) is 11.8 Å². The molecule has 0 bridgehead atoms. The minimum absolute atomic E-state index is 0.201. The number of hydrogen-bond donors (Lipinski definition) is 0. The second-order valence-corrected chi connectivity index (χ2v) is 6.75. The molecule has 0 N–H and O–H groups in total. The number of carbonyl (C=O) groups is 2. The number of carbonyl (C=O) groups excluding carboxylic acids is 2. The summed E-state index contributed by atoms with van der Waals surface area (Å²) in [6, 6.07) is 19.1. The molecule has 3 aromatic rings. The van der Waals surface area contributed by atoms with E-state index in [1.54, 1.807) is 67.6 Å². The van der Waals surface area contributed by atoms with Crippen molar-refractivity contribution >= 4 is 29.4 Å². The van der Waals surface area contributed by atoms with Crippen LogP contribution in [0.1, 0.15) is 31.8 Å². The summed E-state index contributed by atoms with van der Waals surface area (Å²) >= 11 is 6.00. The first-order valence-corrected chi connectivity index (χ1v) is 9.01. The van der Waals surface area contributed by atoms with Crippen LogP contribution in [0, 0.1) is 6.92 Å². The molecular formula is C23H15ClO4. The summed E-state index contributed by atoms with van der Waals surface area (Å²) in [5.74, 6) is 0.259. The van der Waals surface area contributed by atoms with E-state index in [0.29, 0.717) is 33.2 Å². The minimum atomic E-state index is -0.470. The summed E-state index contributed by atoms with van der Waals surface area (Å²) in [5, 5.41) is 0.573. The van der Waals surface area contributed by atoms with Gasteiger partial charge in [0.15, 0.2) is 5.76 Å². The number of benzene rings is 3. The number of rotatable bonds is 3. The predicted octanol–water partition coefficient (Wildman–Crippen LogP) is 5.48. The van der Waals surface area contributed by atoms with Crippen LogP contribution in [0.4, 0.5) is 0 Å². The largest absolute Gasteiger partial charge is 0.452 e. The molecule has 3 aromatic carbocycles. The Kier molecular flexibility index (Phi) is 4.72. The maximum absolute atomic E-state index is 12.7. The lowest BCUT2D eigenvalue weighted by Gasteiger charge is -2.10. The summed E-state index contributed by atoms with van der Waals surface area (Å²) in [6.07, 6.45) is 1.64. The van der Waals surface area contributed by atoms with Crippen molar-refractivity contribution in [3.05, 3.63) is 99.8 Å². The van der Waals surface area contributed by atoms with Crippen molar-refractivity contribution in [1.82, 2.24) is 0 Å². The molecule has 0 fully saturated rings. The van der Waals surface area contributed by atoms with E-state index in [9.17, 15) is 9.59 Å². The standard InChI is InChI=1S/C23H15ClO4/c1-14-19(28-23(26)16-7-3-2-4-8-16)11-10-18-21(25)20(27-22(14)18)13-15-6-5-9-17(24)12-15/h2-13H,1H3/b20-13-. The molecule has 0 atom stereocenters. The van der Waals surface area contributed by atoms with Crippen LogP contribution in [0.2, 0.25) is 5.02 Å². The van der Waals surface area contributed by atoms with E-state index in [1.807, 2.05) is 12.1 Å². The molecule has 5 heteroatoms. The monoisotopic (exact) mass is 390 g/mol. The topological polar surface area (TPSA) is 52.6 Å². The van der Waals surface area contributed by atoms with Gasteiger partial charge in [-0.2, -0.15) is 0 Å². The van der Waals surface area contributed by atoms with Crippen molar-refractivity contribution in [3.8, 4) is 11.5 Å². The molecule has 0 aromatic heterocycles. The van der Waals surface area contributed by atoms with E-state index in [0.717, 1.165) is 5.56 Å². The Labute approximate surface area is 167 Å². The quantitative estimate of drug-likeness (QED) is 0.337. The van der Waals surface area contributed by atoms with Crippen LogP contribution in [-0.2, 0) is 0 Å². The smallest absolute Gasteiger partial charge is 0.343 e. The molecule has 0 spiro atoms. The Bertz CT molecular complexity index is 1120. The molecule has 0 unspecified atom stereocenters. The Morgan fingerprint density at radius 2 is 1.82 bits per heavy atom. The number of halogens is 1. The SMILES string of the molecule is Cc1c(OC(=O)c2ccccc2)ccc2c1O/C(=C\c1cccc(Cl)c1)C2=O. The van der Waals surface area contributed by atoms with E-state index in [2.05, 4.69) is 0 Å². The third-order valence-electron chi connectivity index (χ3n) is 4.40. The zero-order valence-corrected chi connectivity index (χ0v) is 15.7. The van der Waals surface area contributed by atoms with Crippen LogP contribution in [0.3, 0.4) is 0 Å². The molecule has 1 aliphatic rings. The molecule has 0 saturated heterocycles. The van der Waals surface area contributed by atoms with Gasteiger partial charge in [-0.05, 0) is 55.0 Å². The van der Waals surface area contributed by atoms with Crippen molar-refractivity contribution in [2.45, 2.75) is 6.92 Å². The summed E-state index contributed by atoms with van der Waals surface area (Å²) in [6.45, 7) is 1.75. The molecule has 1 heterocycles. The fourth-order valence-electron chi connectivity index (χ4n) is 2.96. The highest BCUT2D eigenvalue weighted by atomic mass is 35.5. The number of fused-ring (bicyclic) bond motifs is 1. The van der Waals surface area contributed by atoms with E-state index in [1.165, 1.54) is 0 Å². The summed E-state index contributed by atoms with van der Waals surface area (Å²) < 4.78 is 11.3. The van der Waals surface area contributed by atoms with E-state index >= 15 is 0 Å². The van der Waals surface area contributed by atoms with Crippen LogP contribution in [0.15, 0.2) is 72.5 Å². The number of ether oxygens (including phenoxy) is 2. The molecule has 0 aliphatic carbocycles. The highest BCUT2D eigenvalue weighted by Crippen LogP contribution is 2.39. The lowest BCUT2D eigenvalue weighted by molar-refractivity contribution is 0.0733. The Balaban J connectivity index is 1.63. The highest BCUT2D eigenvalue weighted by Gasteiger charge is 2.30. The summed E-state index contributed by atoms with van der Waals surface area (Å²) in [7, 11) is 0. The molecule has 4 rings (SSSR count). The van der Waals surface area contributed by atoms with Crippen LogP contribution in [0.25, 0.3) is 6.08 Å². The van der Waals surface area contributed by atoms with E-state index in [-0.39, 0.29) is 11.5 Å². The fraction of sp³-hybridized carbons (Fsp3) is 0.0435. The maximum atomic E-state index is 12.7. The van der Waals surface area contributed by atoms with Gasteiger partial charge in [-0.3, -0.25) is 4.79 Å². The van der Waals surface area contributed by atoms with Crippen LogP contribution in [0.5, 0.6) is 11.5 Å². The number of allylic oxidation sites excluding steroid dienone is 1. The van der Waals surface area contributed by atoms with Crippen molar-refractivity contribution < 1.29 is 19.1 Å². The summed E-state index contributed by atoms with van der Waals surface area (Å²) in [5.41, 5.74) is 2.23. The molecule has 4 nitrogen and oxygen atoms in total. The van der Waals surface area contributed by atoms with Gasteiger partial charge in [0.2, 0.25) is 5.78 Å². The first-order chi connectivity index (χ1) is 13.5. The van der Waals surface area contributed by atoms with Gasteiger partial charge >= 0.3 is 5.97 Å². The van der Waals surface area contributed by atoms with Crippen molar-refractivity contribution in [2.75, 3.05) is 0 Å². The third-order valence-corrected chi connectivity index (χ3v) is 4.63. The highest BCUT2D eigenvalue weighted by molar-refractivity contribution is 6.30. The van der Waals surface area contributed by atoms with Gasteiger partial charge in [0.25, 0.3) is 0 Å². The Hall–Kier alpha value is -3.37. The van der Waals surface area contributed by atoms with Gasteiger partial charge in [-0.25, -0.2) is 4.79 Å². The zero-order chi connectivity index (χ0) is 19.7. The van der Waals surface area contributed by atoms with Gasteiger partial charge < -0.3 is 9.47 Å². The summed E-state index contributed by atoms with van der Waals surface area (Å²) in [4.78, 5) is 25.0. The second-order valence-electron chi connectivity index (χ2n) is 6.32. The van der Waals surface area contributed by atoms with Gasteiger partial charge in [-0.1, -0.05) is 41.9 Å². The third kappa shape index (κ3) is 3.42. The van der Waals surface area contributed by atoms with Gasteiger partial charge in [0.05, 0.1) is 11.1 Å². The first-order valence-electron chi connectivity index (χ1n) is 8.63. The van der Waals surface area contributed by atoms with Gasteiger partial charge in [0.1, 0.15) is 11.5 Å². The molecule has 1 aliphatic heterocycles. The maximum Gasteiger partial charge on any atom is 0.343 e. The minimum Gasteiger partial charge on any atom is -0.452 e. The Morgan fingerprint density at radius 3 is 2.57 bits per heavy atom. The Morgan fingerprint density at radius 1 is 1.04 bits per heavy atom. The molecule has 0 amide bonds.